The van der Waals surface area contributed by atoms with E-state index in [4.69, 9.17) is 4.42 Å². The molecule has 5 nitrogen and oxygen atoms in total. The van der Waals surface area contributed by atoms with Crippen LogP contribution in [0.15, 0.2) is 77.6 Å². The van der Waals surface area contributed by atoms with Crippen molar-refractivity contribution in [2.45, 2.75) is 19.5 Å². The van der Waals surface area contributed by atoms with Gasteiger partial charge in [-0.1, -0.05) is 42.5 Å². The third kappa shape index (κ3) is 5.54. The molecule has 2 amide bonds. The molecule has 0 fully saturated rings. The maximum absolute atomic E-state index is 12.9. The molecule has 0 radical (unpaired) electrons. The predicted molar refractivity (Wildman–Crippen MR) is 103 cm³/mol. The molecule has 6 heteroatoms. The van der Waals surface area contributed by atoms with Crippen molar-refractivity contribution >= 4 is 11.8 Å². The second-order valence-corrected chi connectivity index (χ2v) is 6.38. The molecule has 0 aliphatic heterocycles. The molecule has 1 N–H and O–H groups in total. The molecule has 144 valence electrons. The summed E-state index contributed by atoms with van der Waals surface area (Å²) in [5.74, 6) is -0.685. The Hall–Kier alpha value is -3.41. The first-order chi connectivity index (χ1) is 13.6. The van der Waals surface area contributed by atoms with Crippen molar-refractivity contribution in [2.24, 2.45) is 0 Å². The van der Waals surface area contributed by atoms with Crippen LogP contribution < -0.4 is 5.32 Å². The zero-order valence-electron chi connectivity index (χ0n) is 15.3. The molecular formula is C22H21FN2O3. The summed E-state index contributed by atoms with van der Waals surface area (Å²) >= 11 is 0. The van der Waals surface area contributed by atoms with Crippen molar-refractivity contribution in [3.05, 3.63) is 95.7 Å². The molecule has 0 aliphatic rings. The number of hydrogen-bond donors (Lipinski definition) is 1. The van der Waals surface area contributed by atoms with Crippen molar-refractivity contribution in [1.29, 1.82) is 0 Å². The van der Waals surface area contributed by atoms with Crippen LogP contribution >= 0.6 is 0 Å². The second kappa shape index (κ2) is 9.50. The molecule has 0 bridgehead atoms. The molecule has 1 heterocycles. The third-order valence-electron chi connectivity index (χ3n) is 4.28. The number of benzene rings is 2. The van der Waals surface area contributed by atoms with Gasteiger partial charge in [0.1, 0.15) is 12.1 Å². The fourth-order valence-electron chi connectivity index (χ4n) is 2.75. The van der Waals surface area contributed by atoms with Crippen LogP contribution in [-0.4, -0.2) is 23.3 Å². The van der Waals surface area contributed by atoms with Gasteiger partial charge in [-0.15, -0.1) is 0 Å². The number of amides is 2. The van der Waals surface area contributed by atoms with Crippen molar-refractivity contribution in [3.63, 3.8) is 0 Å². The molecule has 0 atom stereocenters. The van der Waals surface area contributed by atoms with Gasteiger partial charge >= 0.3 is 0 Å². The van der Waals surface area contributed by atoms with Crippen LogP contribution in [0.2, 0.25) is 0 Å². The first kappa shape index (κ1) is 19.4. The van der Waals surface area contributed by atoms with E-state index in [9.17, 15) is 14.0 Å². The molecule has 0 spiro atoms. The monoisotopic (exact) mass is 380 g/mol. The number of nitrogens with one attached hydrogen (secondary N) is 1. The van der Waals surface area contributed by atoms with Crippen LogP contribution in [0.4, 0.5) is 4.39 Å². The summed E-state index contributed by atoms with van der Waals surface area (Å²) in [6, 6.07) is 17.2. The molecule has 28 heavy (non-hydrogen) atoms. The lowest BCUT2D eigenvalue weighted by Crippen LogP contribution is -2.34. The largest absolute Gasteiger partial charge is 0.472 e. The minimum atomic E-state index is -0.315. The molecule has 0 unspecified atom stereocenters. The van der Waals surface area contributed by atoms with Crippen LogP contribution in [-0.2, 0) is 17.9 Å². The van der Waals surface area contributed by atoms with E-state index in [0.29, 0.717) is 18.7 Å². The number of furan rings is 1. The SMILES string of the molecule is O=C(CCN(Cc1ccccc1)C(=O)c1ccoc1)NCc1ccc(F)cc1. The van der Waals surface area contributed by atoms with Crippen LogP contribution in [0, 0.1) is 5.82 Å². The highest BCUT2D eigenvalue weighted by Gasteiger charge is 2.18. The first-order valence-corrected chi connectivity index (χ1v) is 8.98. The summed E-state index contributed by atoms with van der Waals surface area (Å²) in [7, 11) is 0. The maximum Gasteiger partial charge on any atom is 0.257 e. The zero-order chi connectivity index (χ0) is 19.8. The van der Waals surface area contributed by atoms with Gasteiger partial charge in [0.05, 0.1) is 11.8 Å². The van der Waals surface area contributed by atoms with Gasteiger partial charge in [0, 0.05) is 26.1 Å². The fraction of sp³-hybridized carbons (Fsp3) is 0.182. The van der Waals surface area contributed by atoms with E-state index in [1.807, 2.05) is 30.3 Å². The standard InChI is InChI=1S/C22H21FN2O3/c23-20-8-6-17(7-9-20)14-24-21(26)10-12-25(15-18-4-2-1-3-5-18)22(27)19-11-13-28-16-19/h1-9,11,13,16H,10,12,14-15H2,(H,24,26). The number of nitrogens with zero attached hydrogens (tertiary/aromatic N) is 1. The lowest BCUT2D eigenvalue weighted by molar-refractivity contribution is -0.121. The van der Waals surface area contributed by atoms with Crippen molar-refractivity contribution < 1.29 is 18.4 Å². The van der Waals surface area contributed by atoms with Gasteiger partial charge in [0.15, 0.2) is 0 Å². The highest BCUT2D eigenvalue weighted by molar-refractivity contribution is 5.94. The van der Waals surface area contributed by atoms with Gasteiger partial charge < -0.3 is 14.6 Å². The topological polar surface area (TPSA) is 62.6 Å². The Labute approximate surface area is 162 Å². The summed E-state index contributed by atoms with van der Waals surface area (Å²) in [5.41, 5.74) is 2.24. The molecule has 3 aromatic rings. The van der Waals surface area contributed by atoms with Gasteiger partial charge in [0.25, 0.3) is 5.91 Å². The average Bonchev–Trinajstić information content (AvgIpc) is 3.26. The minimum Gasteiger partial charge on any atom is -0.472 e. The molecular weight excluding hydrogens is 359 g/mol. The van der Waals surface area contributed by atoms with Gasteiger partial charge in [-0.3, -0.25) is 9.59 Å². The van der Waals surface area contributed by atoms with E-state index in [0.717, 1.165) is 11.1 Å². The molecule has 2 aromatic carbocycles. The van der Waals surface area contributed by atoms with Gasteiger partial charge in [0.2, 0.25) is 5.91 Å². The lowest BCUT2D eigenvalue weighted by Gasteiger charge is -2.22. The summed E-state index contributed by atoms with van der Waals surface area (Å²) in [4.78, 5) is 26.6. The van der Waals surface area contributed by atoms with E-state index in [1.165, 1.54) is 24.7 Å². The Kier molecular flexibility index (Phi) is 6.57. The van der Waals surface area contributed by atoms with E-state index in [-0.39, 0.29) is 30.6 Å². The number of hydrogen-bond acceptors (Lipinski definition) is 3. The number of carbonyl (C=O) groups is 2. The van der Waals surface area contributed by atoms with E-state index < -0.39 is 0 Å². The molecule has 0 aliphatic carbocycles. The lowest BCUT2D eigenvalue weighted by atomic mass is 10.2. The molecule has 3 rings (SSSR count). The van der Waals surface area contributed by atoms with Crippen molar-refractivity contribution in [3.8, 4) is 0 Å². The maximum atomic E-state index is 12.9. The van der Waals surface area contributed by atoms with Crippen LogP contribution in [0.5, 0.6) is 0 Å². The Morgan fingerprint density at radius 3 is 2.39 bits per heavy atom. The second-order valence-electron chi connectivity index (χ2n) is 6.38. The van der Waals surface area contributed by atoms with E-state index >= 15 is 0 Å². The van der Waals surface area contributed by atoms with Gasteiger partial charge in [-0.25, -0.2) is 4.39 Å². The van der Waals surface area contributed by atoms with Gasteiger partial charge in [-0.2, -0.15) is 0 Å². The van der Waals surface area contributed by atoms with Crippen molar-refractivity contribution in [2.75, 3.05) is 6.54 Å². The Bertz CT molecular complexity index is 893. The third-order valence-corrected chi connectivity index (χ3v) is 4.28. The smallest absolute Gasteiger partial charge is 0.257 e. The predicted octanol–water partition coefficient (Wildman–Crippen LogP) is 3.77. The van der Waals surface area contributed by atoms with Crippen molar-refractivity contribution in [1.82, 2.24) is 10.2 Å². The Morgan fingerprint density at radius 1 is 0.964 bits per heavy atom. The quantitative estimate of drug-likeness (QED) is 0.647. The summed E-state index contributed by atoms with van der Waals surface area (Å²) in [6.07, 6.45) is 3.01. The summed E-state index contributed by atoms with van der Waals surface area (Å²) < 4.78 is 17.9. The normalized spacial score (nSPS) is 10.5. The highest BCUT2D eigenvalue weighted by Crippen LogP contribution is 2.11. The van der Waals surface area contributed by atoms with Crippen LogP contribution in [0.1, 0.15) is 27.9 Å². The van der Waals surface area contributed by atoms with Crippen LogP contribution in [0.25, 0.3) is 0 Å². The minimum absolute atomic E-state index is 0.164. The molecule has 1 aromatic heterocycles. The molecule has 0 saturated carbocycles. The summed E-state index contributed by atoms with van der Waals surface area (Å²) in [5, 5.41) is 2.79. The van der Waals surface area contributed by atoms with E-state index in [1.54, 1.807) is 23.1 Å². The first-order valence-electron chi connectivity index (χ1n) is 8.98. The zero-order valence-corrected chi connectivity index (χ0v) is 15.3. The average molecular weight is 380 g/mol. The number of rotatable bonds is 8. The van der Waals surface area contributed by atoms with E-state index in [2.05, 4.69) is 5.32 Å². The Balaban J connectivity index is 1.58. The highest BCUT2D eigenvalue weighted by atomic mass is 19.1. The Morgan fingerprint density at radius 2 is 1.71 bits per heavy atom. The molecule has 0 saturated heterocycles. The summed E-state index contributed by atoms with van der Waals surface area (Å²) in [6.45, 7) is 0.984. The fourth-order valence-corrected chi connectivity index (χ4v) is 2.75. The number of carbonyl (C=O) groups excluding carboxylic acids is 2. The van der Waals surface area contributed by atoms with Gasteiger partial charge in [-0.05, 0) is 29.3 Å². The number of halogens is 1. The van der Waals surface area contributed by atoms with Crippen LogP contribution in [0.3, 0.4) is 0 Å².